The van der Waals surface area contributed by atoms with Crippen LogP contribution in [-0.4, -0.2) is 26.0 Å². The third-order valence-corrected chi connectivity index (χ3v) is 3.86. The zero-order chi connectivity index (χ0) is 19.6. The van der Waals surface area contributed by atoms with Crippen LogP contribution >= 0.6 is 0 Å². The van der Waals surface area contributed by atoms with Gasteiger partial charge in [-0.25, -0.2) is 0 Å². The number of benzene rings is 2. The summed E-state index contributed by atoms with van der Waals surface area (Å²) >= 11 is 0. The maximum absolute atomic E-state index is 11.6. The van der Waals surface area contributed by atoms with E-state index in [4.69, 9.17) is 14.2 Å². The predicted octanol–water partition coefficient (Wildman–Crippen LogP) is 4.54. The van der Waals surface area contributed by atoms with Crippen LogP contribution < -0.4 is 14.2 Å². The van der Waals surface area contributed by atoms with Gasteiger partial charge in [-0.05, 0) is 42.3 Å². The van der Waals surface area contributed by atoms with Crippen LogP contribution in [0, 0.1) is 0 Å². The number of hydrogen-bond donors (Lipinski definition) is 0. The van der Waals surface area contributed by atoms with Crippen LogP contribution in [0.15, 0.2) is 42.5 Å². The molecule has 0 aliphatic carbocycles. The van der Waals surface area contributed by atoms with E-state index in [1.165, 1.54) is 14.0 Å². The van der Waals surface area contributed by atoms with E-state index < -0.39 is 5.97 Å². The van der Waals surface area contributed by atoms with Gasteiger partial charge in [0.1, 0.15) is 17.2 Å². The summed E-state index contributed by atoms with van der Waals surface area (Å²) in [6.45, 7) is 4.12. The van der Waals surface area contributed by atoms with Crippen molar-refractivity contribution in [2.75, 3.05) is 13.7 Å². The Morgan fingerprint density at radius 1 is 1.07 bits per heavy atom. The monoisotopic (exact) mass is 368 g/mol. The van der Waals surface area contributed by atoms with Crippen LogP contribution in [0.3, 0.4) is 0 Å². The zero-order valence-corrected chi connectivity index (χ0v) is 15.9. The van der Waals surface area contributed by atoms with Gasteiger partial charge in [-0.15, -0.1) is 0 Å². The first-order valence-corrected chi connectivity index (χ1v) is 8.84. The largest absolute Gasteiger partial charge is 0.496 e. The summed E-state index contributed by atoms with van der Waals surface area (Å²) in [5, 5.41) is 0. The molecule has 5 heteroatoms. The molecule has 0 bridgehead atoms. The highest BCUT2D eigenvalue weighted by Gasteiger charge is 2.08. The smallest absolute Gasteiger partial charge is 0.308 e. The topological polar surface area (TPSA) is 61.8 Å². The second-order valence-corrected chi connectivity index (χ2v) is 5.94. The van der Waals surface area contributed by atoms with Crippen molar-refractivity contribution in [3.8, 4) is 17.2 Å². The second-order valence-electron chi connectivity index (χ2n) is 5.94. The van der Waals surface area contributed by atoms with Crippen molar-refractivity contribution >= 4 is 23.9 Å². The molecule has 0 aromatic heterocycles. The summed E-state index contributed by atoms with van der Waals surface area (Å²) in [4.78, 5) is 22.7. The van der Waals surface area contributed by atoms with Crippen LogP contribution in [0.25, 0.3) is 11.6 Å². The summed E-state index contributed by atoms with van der Waals surface area (Å²) in [6, 6.07) is 12.4. The number of methoxy groups -OCH3 is 1. The molecule has 0 saturated heterocycles. The minimum atomic E-state index is -0.407. The Morgan fingerprint density at radius 3 is 2.37 bits per heavy atom. The normalized spacial score (nSPS) is 11.0. The second kappa shape index (κ2) is 10.2. The third kappa shape index (κ3) is 5.99. The molecule has 0 atom stereocenters. The molecule has 142 valence electrons. The van der Waals surface area contributed by atoms with Gasteiger partial charge in [-0.2, -0.15) is 0 Å². The Kier molecular flexibility index (Phi) is 7.62. The highest BCUT2D eigenvalue weighted by Crippen LogP contribution is 2.29. The predicted molar refractivity (Wildman–Crippen MR) is 105 cm³/mol. The molecule has 2 aromatic carbocycles. The van der Waals surface area contributed by atoms with Crippen LogP contribution in [0.2, 0.25) is 0 Å². The van der Waals surface area contributed by atoms with E-state index in [0.717, 1.165) is 30.4 Å². The number of carbonyl (C=O) groups excluding carboxylic acids is 2. The Hall–Kier alpha value is -3.08. The first kappa shape index (κ1) is 20.2. The molecular weight excluding hydrogens is 344 g/mol. The molecule has 2 aromatic rings. The van der Waals surface area contributed by atoms with Gasteiger partial charge in [0, 0.05) is 24.1 Å². The van der Waals surface area contributed by atoms with Crippen molar-refractivity contribution in [1.82, 2.24) is 0 Å². The third-order valence-electron chi connectivity index (χ3n) is 3.86. The summed E-state index contributed by atoms with van der Waals surface area (Å²) in [5.74, 6) is 1.27. The van der Waals surface area contributed by atoms with Gasteiger partial charge in [0.2, 0.25) is 0 Å². The van der Waals surface area contributed by atoms with Gasteiger partial charge in [-0.3, -0.25) is 9.59 Å². The molecule has 2 rings (SSSR count). The lowest BCUT2D eigenvalue weighted by atomic mass is 10.0. The lowest BCUT2D eigenvalue weighted by Crippen LogP contribution is -2.01. The molecule has 5 nitrogen and oxygen atoms in total. The van der Waals surface area contributed by atoms with E-state index in [1.807, 2.05) is 24.3 Å². The summed E-state index contributed by atoms with van der Waals surface area (Å²) in [6.07, 6.45) is 4.61. The van der Waals surface area contributed by atoms with Crippen molar-refractivity contribution in [1.29, 1.82) is 0 Å². The molecule has 0 N–H and O–H groups in total. The fourth-order valence-electron chi connectivity index (χ4n) is 2.47. The van der Waals surface area contributed by atoms with E-state index in [2.05, 4.69) is 6.92 Å². The number of carbonyl (C=O) groups is 2. The van der Waals surface area contributed by atoms with Gasteiger partial charge >= 0.3 is 5.97 Å². The van der Waals surface area contributed by atoms with E-state index in [-0.39, 0.29) is 0 Å². The number of esters is 1. The Balaban J connectivity index is 2.24. The first-order chi connectivity index (χ1) is 13.1. The number of rotatable bonds is 9. The van der Waals surface area contributed by atoms with Crippen LogP contribution in [0.4, 0.5) is 0 Å². The Morgan fingerprint density at radius 2 is 1.78 bits per heavy atom. The van der Waals surface area contributed by atoms with E-state index in [9.17, 15) is 9.59 Å². The molecule has 0 aliphatic heterocycles. The number of aldehydes is 1. The average molecular weight is 368 g/mol. The van der Waals surface area contributed by atoms with E-state index in [0.29, 0.717) is 29.2 Å². The molecule has 0 aliphatic rings. The zero-order valence-electron chi connectivity index (χ0n) is 15.9. The summed E-state index contributed by atoms with van der Waals surface area (Å²) < 4.78 is 16.1. The van der Waals surface area contributed by atoms with Crippen molar-refractivity contribution in [2.45, 2.75) is 26.7 Å². The minimum Gasteiger partial charge on any atom is -0.496 e. The summed E-state index contributed by atoms with van der Waals surface area (Å²) in [5.41, 5.74) is 1.99. The molecule has 0 unspecified atom stereocenters. The first-order valence-electron chi connectivity index (χ1n) is 8.84. The van der Waals surface area contributed by atoms with Crippen molar-refractivity contribution in [3.63, 3.8) is 0 Å². The van der Waals surface area contributed by atoms with Gasteiger partial charge in [0.15, 0.2) is 6.29 Å². The molecule has 0 spiro atoms. The van der Waals surface area contributed by atoms with Gasteiger partial charge in [0.25, 0.3) is 0 Å². The van der Waals surface area contributed by atoms with Crippen molar-refractivity contribution < 1.29 is 23.8 Å². The quantitative estimate of drug-likeness (QED) is 0.162. The lowest BCUT2D eigenvalue weighted by molar-refractivity contribution is -0.131. The van der Waals surface area contributed by atoms with Gasteiger partial charge in [0.05, 0.1) is 13.7 Å². The van der Waals surface area contributed by atoms with Crippen LogP contribution in [-0.2, 0) is 9.59 Å². The number of hydrogen-bond acceptors (Lipinski definition) is 5. The van der Waals surface area contributed by atoms with Gasteiger partial charge in [-0.1, -0.05) is 25.5 Å². The van der Waals surface area contributed by atoms with E-state index >= 15 is 0 Å². The SMILES string of the molecule is CCCCOc1ccc(/C(C=O)=C/c2ccc(OC(C)=O)cc2OC)cc1. The van der Waals surface area contributed by atoms with Crippen LogP contribution in [0.1, 0.15) is 37.8 Å². The molecule has 0 heterocycles. The van der Waals surface area contributed by atoms with Crippen molar-refractivity contribution in [3.05, 3.63) is 53.6 Å². The molecular formula is C22H24O5. The Labute approximate surface area is 159 Å². The van der Waals surface area contributed by atoms with Crippen LogP contribution in [0.5, 0.6) is 17.2 Å². The number of ether oxygens (including phenoxy) is 3. The highest BCUT2D eigenvalue weighted by molar-refractivity contribution is 6.13. The standard InChI is InChI=1S/C22H24O5/c1-4-5-12-26-20-9-6-17(7-10-20)19(15-23)13-18-8-11-21(27-16(2)24)14-22(18)25-3/h6-11,13-15H,4-5,12H2,1-3H3/b19-13+. The molecule has 0 fully saturated rings. The maximum atomic E-state index is 11.6. The van der Waals surface area contributed by atoms with Crippen molar-refractivity contribution in [2.24, 2.45) is 0 Å². The number of allylic oxidation sites excluding steroid dienone is 1. The Bertz CT molecular complexity index is 806. The van der Waals surface area contributed by atoms with Gasteiger partial charge < -0.3 is 14.2 Å². The molecule has 0 amide bonds. The lowest BCUT2D eigenvalue weighted by Gasteiger charge is -2.09. The number of unbranched alkanes of at least 4 members (excludes halogenated alkanes) is 1. The minimum absolute atomic E-state index is 0.387. The van der Waals surface area contributed by atoms with E-state index in [1.54, 1.807) is 24.3 Å². The average Bonchev–Trinajstić information content (AvgIpc) is 2.67. The molecule has 0 radical (unpaired) electrons. The molecule has 27 heavy (non-hydrogen) atoms. The fourth-order valence-corrected chi connectivity index (χ4v) is 2.47. The fraction of sp³-hybridized carbons (Fsp3) is 0.273. The summed E-state index contributed by atoms with van der Waals surface area (Å²) in [7, 11) is 1.52. The highest BCUT2D eigenvalue weighted by atomic mass is 16.5. The molecule has 0 saturated carbocycles. The maximum Gasteiger partial charge on any atom is 0.308 e.